The zero-order chi connectivity index (χ0) is 13.5. The Labute approximate surface area is 111 Å². The molecule has 1 aromatic rings. The SMILES string of the molecule is CN(CCCN)CC(=O)Nc1ccc(F)c(Cl)c1. The lowest BCUT2D eigenvalue weighted by Crippen LogP contribution is -2.31. The first kappa shape index (κ1) is 14.9. The van der Waals surface area contributed by atoms with Gasteiger partial charge in [-0.2, -0.15) is 0 Å². The van der Waals surface area contributed by atoms with Crippen molar-refractivity contribution in [1.29, 1.82) is 0 Å². The number of carbonyl (C=O) groups is 1. The van der Waals surface area contributed by atoms with Crippen LogP contribution in [0.1, 0.15) is 6.42 Å². The van der Waals surface area contributed by atoms with Crippen LogP contribution in [0.4, 0.5) is 10.1 Å². The second-order valence-electron chi connectivity index (χ2n) is 4.06. The molecular formula is C12H17ClFN3O. The van der Waals surface area contributed by atoms with E-state index in [2.05, 4.69) is 5.32 Å². The van der Waals surface area contributed by atoms with Crippen molar-refractivity contribution < 1.29 is 9.18 Å². The number of rotatable bonds is 6. The van der Waals surface area contributed by atoms with E-state index in [0.29, 0.717) is 12.2 Å². The molecule has 1 amide bonds. The maximum absolute atomic E-state index is 12.9. The van der Waals surface area contributed by atoms with Crippen molar-refractivity contribution in [1.82, 2.24) is 4.90 Å². The van der Waals surface area contributed by atoms with E-state index in [1.165, 1.54) is 18.2 Å². The summed E-state index contributed by atoms with van der Waals surface area (Å²) in [6, 6.07) is 4.07. The number of nitrogens with zero attached hydrogens (tertiary/aromatic N) is 1. The number of hydrogen-bond acceptors (Lipinski definition) is 3. The van der Waals surface area contributed by atoms with Gasteiger partial charge in [-0.25, -0.2) is 4.39 Å². The third-order valence-corrected chi connectivity index (χ3v) is 2.65. The molecule has 1 aromatic carbocycles. The van der Waals surface area contributed by atoms with Crippen molar-refractivity contribution in [3.05, 3.63) is 29.0 Å². The van der Waals surface area contributed by atoms with E-state index in [9.17, 15) is 9.18 Å². The summed E-state index contributed by atoms with van der Waals surface area (Å²) < 4.78 is 12.9. The molecule has 0 aliphatic rings. The predicted octanol–water partition coefficient (Wildman–Crippen LogP) is 1.70. The van der Waals surface area contributed by atoms with Crippen LogP contribution in [0.2, 0.25) is 5.02 Å². The van der Waals surface area contributed by atoms with Gasteiger partial charge in [-0.05, 0) is 44.8 Å². The largest absolute Gasteiger partial charge is 0.330 e. The van der Waals surface area contributed by atoms with Crippen LogP contribution in [0.15, 0.2) is 18.2 Å². The molecule has 0 radical (unpaired) electrons. The number of nitrogens with two attached hydrogens (primary N) is 1. The summed E-state index contributed by atoms with van der Waals surface area (Å²) in [6.07, 6.45) is 0.839. The molecule has 100 valence electrons. The summed E-state index contributed by atoms with van der Waals surface area (Å²) >= 11 is 5.62. The van der Waals surface area contributed by atoms with Crippen LogP contribution in [0.25, 0.3) is 0 Å². The molecule has 0 unspecified atom stereocenters. The highest BCUT2D eigenvalue weighted by Crippen LogP contribution is 2.19. The molecule has 6 heteroatoms. The van der Waals surface area contributed by atoms with Gasteiger partial charge in [0.05, 0.1) is 11.6 Å². The van der Waals surface area contributed by atoms with Gasteiger partial charge < -0.3 is 11.1 Å². The van der Waals surface area contributed by atoms with E-state index in [-0.39, 0.29) is 17.5 Å². The van der Waals surface area contributed by atoms with Crippen LogP contribution in [0.3, 0.4) is 0 Å². The molecule has 4 nitrogen and oxygen atoms in total. The quantitative estimate of drug-likeness (QED) is 0.829. The minimum atomic E-state index is -0.505. The fraction of sp³-hybridized carbons (Fsp3) is 0.417. The Bertz CT molecular complexity index is 414. The van der Waals surface area contributed by atoms with Crippen molar-refractivity contribution in [2.24, 2.45) is 5.73 Å². The molecule has 18 heavy (non-hydrogen) atoms. The molecule has 3 N–H and O–H groups in total. The van der Waals surface area contributed by atoms with Crippen molar-refractivity contribution in [3.8, 4) is 0 Å². The van der Waals surface area contributed by atoms with Crippen LogP contribution in [-0.2, 0) is 4.79 Å². The van der Waals surface area contributed by atoms with E-state index in [1.807, 2.05) is 11.9 Å². The molecule has 0 aliphatic carbocycles. The van der Waals surface area contributed by atoms with Crippen LogP contribution in [0, 0.1) is 5.82 Å². The molecule has 1 rings (SSSR count). The molecule has 0 saturated heterocycles. The van der Waals surface area contributed by atoms with Crippen LogP contribution < -0.4 is 11.1 Å². The highest BCUT2D eigenvalue weighted by molar-refractivity contribution is 6.31. The smallest absolute Gasteiger partial charge is 0.238 e. The van der Waals surface area contributed by atoms with Gasteiger partial charge in [-0.15, -0.1) is 0 Å². The maximum Gasteiger partial charge on any atom is 0.238 e. The van der Waals surface area contributed by atoms with E-state index in [0.717, 1.165) is 13.0 Å². The van der Waals surface area contributed by atoms with Crippen molar-refractivity contribution >= 4 is 23.2 Å². The Hall–Kier alpha value is -1.17. The fourth-order valence-electron chi connectivity index (χ4n) is 1.46. The summed E-state index contributed by atoms with van der Waals surface area (Å²) in [7, 11) is 1.84. The molecule has 0 aliphatic heterocycles. The van der Waals surface area contributed by atoms with Gasteiger partial charge in [0.15, 0.2) is 0 Å². The van der Waals surface area contributed by atoms with E-state index in [4.69, 9.17) is 17.3 Å². The van der Waals surface area contributed by atoms with Gasteiger partial charge in [0, 0.05) is 5.69 Å². The Morgan fingerprint density at radius 1 is 1.56 bits per heavy atom. The van der Waals surface area contributed by atoms with E-state index >= 15 is 0 Å². The number of benzene rings is 1. The van der Waals surface area contributed by atoms with Gasteiger partial charge in [-0.1, -0.05) is 11.6 Å². The van der Waals surface area contributed by atoms with Gasteiger partial charge >= 0.3 is 0 Å². The Morgan fingerprint density at radius 2 is 2.28 bits per heavy atom. The summed E-state index contributed by atoms with van der Waals surface area (Å²) in [6.45, 7) is 1.61. The predicted molar refractivity (Wildman–Crippen MR) is 71.2 cm³/mol. The molecule has 0 atom stereocenters. The summed E-state index contributed by atoms with van der Waals surface area (Å²) in [5.74, 6) is -0.674. The summed E-state index contributed by atoms with van der Waals surface area (Å²) in [5, 5.41) is 2.64. The zero-order valence-electron chi connectivity index (χ0n) is 10.2. The fourth-order valence-corrected chi connectivity index (χ4v) is 1.64. The lowest BCUT2D eigenvalue weighted by molar-refractivity contribution is -0.117. The molecule has 0 aromatic heterocycles. The number of anilines is 1. The Balaban J connectivity index is 2.46. The Morgan fingerprint density at radius 3 is 2.89 bits per heavy atom. The molecule has 0 fully saturated rings. The second-order valence-corrected chi connectivity index (χ2v) is 4.46. The average Bonchev–Trinajstić information content (AvgIpc) is 2.31. The van der Waals surface area contributed by atoms with Crippen LogP contribution in [-0.4, -0.2) is 37.5 Å². The number of hydrogen-bond donors (Lipinski definition) is 2. The third-order valence-electron chi connectivity index (χ3n) is 2.36. The van der Waals surface area contributed by atoms with Gasteiger partial charge in [0.2, 0.25) is 5.91 Å². The maximum atomic E-state index is 12.9. The standard InChI is InChI=1S/C12H17ClFN3O/c1-17(6-2-5-15)8-12(18)16-9-3-4-11(14)10(13)7-9/h3-4,7H,2,5-6,8,15H2,1H3,(H,16,18). The molecule has 0 bridgehead atoms. The van der Waals surface area contributed by atoms with Gasteiger partial charge in [-0.3, -0.25) is 9.69 Å². The minimum absolute atomic E-state index is 0.00992. The molecule has 0 spiro atoms. The summed E-state index contributed by atoms with van der Waals surface area (Å²) in [5.41, 5.74) is 5.87. The lowest BCUT2D eigenvalue weighted by atomic mass is 10.3. The first-order valence-corrected chi connectivity index (χ1v) is 6.04. The molecule has 0 saturated carbocycles. The normalized spacial score (nSPS) is 10.7. The number of carbonyl (C=O) groups excluding carboxylic acids is 1. The van der Waals surface area contributed by atoms with Gasteiger partial charge in [0.1, 0.15) is 5.82 Å². The first-order chi connectivity index (χ1) is 8.52. The average molecular weight is 274 g/mol. The number of likely N-dealkylation sites (N-methyl/N-ethyl adjacent to an activating group) is 1. The van der Waals surface area contributed by atoms with E-state index < -0.39 is 5.82 Å². The van der Waals surface area contributed by atoms with Crippen LogP contribution >= 0.6 is 11.6 Å². The first-order valence-electron chi connectivity index (χ1n) is 5.66. The Kier molecular flexibility index (Phi) is 6.04. The highest BCUT2D eigenvalue weighted by atomic mass is 35.5. The monoisotopic (exact) mass is 273 g/mol. The van der Waals surface area contributed by atoms with Gasteiger partial charge in [0.25, 0.3) is 0 Å². The number of nitrogens with one attached hydrogen (secondary N) is 1. The van der Waals surface area contributed by atoms with Crippen LogP contribution in [0.5, 0.6) is 0 Å². The van der Waals surface area contributed by atoms with Crippen molar-refractivity contribution in [2.45, 2.75) is 6.42 Å². The number of amides is 1. The highest BCUT2D eigenvalue weighted by Gasteiger charge is 2.07. The number of halogens is 2. The van der Waals surface area contributed by atoms with E-state index in [1.54, 1.807) is 0 Å². The molecule has 0 heterocycles. The topological polar surface area (TPSA) is 58.4 Å². The lowest BCUT2D eigenvalue weighted by Gasteiger charge is -2.15. The second kappa shape index (κ2) is 7.31. The zero-order valence-corrected chi connectivity index (χ0v) is 11.0. The summed E-state index contributed by atoms with van der Waals surface area (Å²) in [4.78, 5) is 13.5. The minimum Gasteiger partial charge on any atom is -0.330 e. The van der Waals surface area contributed by atoms with Crippen molar-refractivity contribution in [3.63, 3.8) is 0 Å². The van der Waals surface area contributed by atoms with Crippen molar-refractivity contribution in [2.75, 3.05) is 32.0 Å². The molecular weight excluding hydrogens is 257 g/mol. The third kappa shape index (κ3) is 5.00.